The topological polar surface area (TPSA) is 96.2 Å². The molecule has 1 rings (SSSR count). The van der Waals surface area contributed by atoms with Crippen LogP contribution in [0.4, 0.5) is 0 Å². The van der Waals surface area contributed by atoms with Crippen molar-refractivity contribution in [3.05, 3.63) is 34.2 Å². The van der Waals surface area contributed by atoms with Crippen molar-refractivity contribution in [2.24, 2.45) is 5.73 Å². The van der Waals surface area contributed by atoms with Gasteiger partial charge in [0.25, 0.3) is 0 Å². The predicted octanol–water partition coefficient (Wildman–Crippen LogP) is -0.367. The van der Waals surface area contributed by atoms with Crippen molar-refractivity contribution in [2.45, 2.75) is 12.5 Å². The Hall–Kier alpha value is -1.62. The van der Waals surface area contributed by atoms with E-state index in [0.717, 1.165) is 0 Å². The molecule has 0 aliphatic rings. The Balaban J connectivity index is 3.22. The second-order valence-electron chi connectivity index (χ2n) is 2.95. The molecule has 0 fully saturated rings. The fraction of sp³-hybridized carbons (Fsp3) is 0.250. The lowest BCUT2D eigenvalue weighted by molar-refractivity contribution is -0.143. The molecule has 0 saturated carbocycles. The first kappa shape index (κ1) is 9.47. The molecule has 5 nitrogen and oxygen atoms in total. The Kier molecular flexibility index (Phi) is 2.20. The van der Waals surface area contributed by atoms with E-state index in [4.69, 9.17) is 10.8 Å². The number of rotatable bonds is 2. The number of hydrogen-bond acceptors (Lipinski definition) is 3. The van der Waals surface area contributed by atoms with E-state index in [9.17, 15) is 9.59 Å². The van der Waals surface area contributed by atoms with Gasteiger partial charge in [-0.3, -0.25) is 4.79 Å². The third-order valence-electron chi connectivity index (χ3n) is 1.82. The third kappa shape index (κ3) is 1.75. The Bertz CT molecular complexity index is 381. The van der Waals surface area contributed by atoms with Crippen molar-refractivity contribution in [3.63, 3.8) is 0 Å². The lowest BCUT2D eigenvalue weighted by Crippen LogP contribution is -2.42. The van der Waals surface area contributed by atoms with E-state index in [1.165, 1.54) is 25.3 Å². The van der Waals surface area contributed by atoms with Gasteiger partial charge in [-0.2, -0.15) is 0 Å². The molecule has 0 radical (unpaired) electrons. The normalized spacial score (nSPS) is 14.9. The molecule has 1 heterocycles. The molecule has 0 aliphatic heterocycles. The van der Waals surface area contributed by atoms with Crippen LogP contribution in [0, 0.1) is 0 Å². The molecule has 0 amide bonds. The van der Waals surface area contributed by atoms with Gasteiger partial charge in [-0.05, 0) is 18.6 Å². The van der Waals surface area contributed by atoms with Gasteiger partial charge in [-0.15, -0.1) is 0 Å². The molecule has 5 heteroatoms. The number of aliphatic carboxylic acids is 1. The second-order valence-corrected chi connectivity index (χ2v) is 2.95. The summed E-state index contributed by atoms with van der Waals surface area (Å²) < 4.78 is 0. The highest BCUT2D eigenvalue weighted by molar-refractivity contribution is 5.79. The van der Waals surface area contributed by atoms with Crippen LogP contribution in [0.5, 0.6) is 0 Å². The van der Waals surface area contributed by atoms with Crippen LogP contribution >= 0.6 is 0 Å². The Morgan fingerprint density at radius 2 is 2.31 bits per heavy atom. The molecule has 0 unspecified atom stereocenters. The van der Waals surface area contributed by atoms with Gasteiger partial charge in [0.05, 0.1) is 0 Å². The van der Waals surface area contributed by atoms with Crippen molar-refractivity contribution in [1.82, 2.24) is 4.98 Å². The molecule has 13 heavy (non-hydrogen) atoms. The first-order valence-corrected chi connectivity index (χ1v) is 3.66. The predicted molar refractivity (Wildman–Crippen MR) is 46.2 cm³/mol. The fourth-order valence-electron chi connectivity index (χ4n) is 0.891. The van der Waals surface area contributed by atoms with Gasteiger partial charge in [-0.1, -0.05) is 0 Å². The third-order valence-corrected chi connectivity index (χ3v) is 1.82. The monoisotopic (exact) mass is 182 g/mol. The van der Waals surface area contributed by atoms with Crippen molar-refractivity contribution in [1.29, 1.82) is 0 Å². The minimum atomic E-state index is -1.52. The summed E-state index contributed by atoms with van der Waals surface area (Å²) in [5, 5.41) is 8.75. The summed E-state index contributed by atoms with van der Waals surface area (Å²) in [6.07, 6.45) is 1.37. The van der Waals surface area contributed by atoms with Crippen LogP contribution in [0.1, 0.15) is 12.5 Å². The van der Waals surface area contributed by atoms with Crippen LogP contribution in [0.3, 0.4) is 0 Å². The SMILES string of the molecule is C[C@@](N)(C(=O)O)c1cc[nH]c(=O)c1. The van der Waals surface area contributed by atoms with Gasteiger partial charge >= 0.3 is 5.97 Å². The second kappa shape index (κ2) is 3.02. The molecule has 70 valence electrons. The average Bonchev–Trinajstić information content (AvgIpc) is 2.04. The smallest absolute Gasteiger partial charge is 0.328 e. The van der Waals surface area contributed by atoms with Crippen LogP contribution in [0.2, 0.25) is 0 Å². The largest absolute Gasteiger partial charge is 0.480 e. The van der Waals surface area contributed by atoms with Crippen LogP contribution in [0.15, 0.2) is 23.1 Å². The number of aromatic nitrogens is 1. The van der Waals surface area contributed by atoms with E-state index in [0.29, 0.717) is 0 Å². The number of nitrogens with two attached hydrogens (primary N) is 1. The summed E-state index contributed by atoms with van der Waals surface area (Å²) in [4.78, 5) is 23.9. The molecule has 1 aromatic rings. The van der Waals surface area contributed by atoms with E-state index in [-0.39, 0.29) is 11.1 Å². The number of pyridine rings is 1. The molecular weight excluding hydrogens is 172 g/mol. The average molecular weight is 182 g/mol. The highest BCUT2D eigenvalue weighted by Crippen LogP contribution is 2.14. The Labute approximate surface area is 74.2 Å². The number of carboxylic acids is 1. The summed E-state index contributed by atoms with van der Waals surface area (Å²) in [6, 6.07) is 2.64. The molecule has 0 spiro atoms. The van der Waals surface area contributed by atoms with Crippen LogP contribution < -0.4 is 11.3 Å². The first-order valence-electron chi connectivity index (χ1n) is 3.66. The van der Waals surface area contributed by atoms with Gasteiger partial charge < -0.3 is 15.8 Å². The number of nitrogens with one attached hydrogen (secondary N) is 1. The molecule has 0 aliphatic carbocycles. The number of H-pyrrole nitrogens is 1. The van der Waals surface area contributed by atoms with Crippen LogP contribution in [0.25, 0.3) is 0 Å². The maximum atomic E-state index is 10.9. The van der Waals surface area contributed by atoms with Gasteiger partial charge in [0.2, 0.25) is 5.56 Å². The molecule has 1 aromatic heterocycles. The molecule has 4 N–H and O–H groups in total. The summed E-state index contributed by atoms with van der Waals surface area (Å²) in [5.74, 6) is -1.17. The fourth-order valence-corrected chi connectivity index (χ4v) is 0.891. The minimum absolute atomic E-state index is 0.281. The van der Waals surface area contributed by atoms with Gasteiger partial charge in [0.15, 0.2) is 0 Å². The highest BCUT2D eigenvalue weighted by atomic mass is 16.4. The summed E-state index contributed by atoms with van der Waals surface area (Å²) in [5.41, 5.74) is 3.89. The maximum Gasteiger partial charge on any atom is 0.328 e. The van der Waals surface area contributed by atoms with E-state index < -0.39 is 11.5 Å². The lowest BCUT2D eigenvalue weighted by Gasteiger charge is -2.18. The van der Waals surface area contributed by atoms with Crippen molar-refractivity contribution in [3.8, 4) is 0 Å². The van der Waals surface area contributed by atoms with Crippen molar-refractivity contribution < 1.29 is 9.90 Å². The highest BCUT2D eigenvalue weighted by Gasteiger charge is 2.30. The van der Waals surface area contributed by atoms with Crippen molar-refractivity contribution >= 4 is 5.97 Å². The van der Waals surface area contributed by atoms with E-state index >= 15 is 0 Å². The summed E-state index contributed by atoms with van der Waals surface area (Å²) >= 11 is 0. The van der Waals surface area contributed by atoms with Crippen LogP contribution in [-0.4, -0.2) is 16.1 Å². The quantitative estimate of drug-likeness (QED) is 0.581. The van der Waals surface area contributed by atoms with E-state index in [1.807, 2.05) is 0 Å². The minimum Gasteiger partial charge on any atom is -0.480 e. The van der Waals surface area contributed by atoms with Crippen LogP contribution in [-0.2, 0) is 10.3 Å². The summed E-state index contributed by atoms with van der Waals surface area (Å²) in [6.45, 7) is 1.34. The van der Waals surface area contributed by atoms with Gasteiger partial charge in [0.1, 0.15) is 5.54 Å². The number of hydrogen-bond donors (Lipinski definition) is 3. The molecule has 0 bridgehead atoms. The zero-order valence-corrected chi connectivity index (χ0v) is 7.07. The molecular formula is C8H10N2O3. The first-order chi connectivity index (χ1) is 5.94. The van der Waals surface area contributed by atoms with Gasteiger partial charge in [0, 0.05) is 12.3 Å². The van der Waals surface area contributed by atoms with Crippen molar-refractivity contribution in [2.75, 3.05) is 0 Å². The van der Waals surface area contributed by atoms with Gasteiger partial charge in [-0.25, -0.2) is 4.79 Å². The zero-order chi connectivity index (χ0) is 10.1. The summed E-state index contributed by atoms with van der Waals surface area (Å²) in [7, 11) is 0. The lowest BCUT2D eigenvalue weighted by atomic mass is 9.95. The zero-order valence-electron chi connectivity index (χ0n) is 7.07. The number of aromatic amines is 1. The number of carbonyl (C=O) groups is 1. The molecule has 1 atom stereocenters. The maximum absolute atomic E-state index is 10.9. The molecule has 0 saturated heterocycles. The standard InChI is InChI=1S/C8H10N2O3/c1-8(9,7(12)13)5-2-3-10-6(11)4-5/h2-4H,9H2,1H3,(H,10,11)(H,12,13)/t8-/m0/s1. The number of carboxylic acid groups (broad SMARTS) is 1. The molecule has 0 aromatic carbocycles. The van der Waals surface area contributed by atoms with E-state index in [1.54, 1.807) is 0 Å². The Morgan fingerprint density at radius 3 is 2.77 bits per heavy atom. The Morgan fingerprint density at radius 1 is 1.69 bits per heavy atom. The van der Waals surface area contributed by atoms with E-state index in [2.05, 4.69) is 4.98 Å².